The summed E-state index contributed by atoms with van der Waals surface area (Å²) >= 11 is 0. The average molecular weight is 238 g/mol. The number of carbonyl (C=O) groups is 2. The van der Waals surface area contributed by atoms with Crippen molar-refractivity contribution in [2.75, 3.05) is 19.6 Å². The monoisotopic (exact) mass is 238 g/mol. The first-order chi connectivity index (χ1) is 8.00. The first-order valence-electron chi connectivity index (χ1n) is 6.59. The largest absolute Gasteiger partial charge is 0.342 e. The van der Waals surface area contributed by atoms with Gasteiger partial charge in [0.2, 0.25) is 11.8 Å². The maximum absolute atomic E-state index is 12.4. The van der Waals surface area contributed by atoms with Gasteiger partial charge in [-0.3, -0.25) is 9.59 Å². The van der Waals surface area contributed by atoms with Crippen LogP contribution in [0.1, 0.15) is 40.0 Å². The molecule has 1 unspecified atom stereocenters. The van der Waals surface area contributed by atoms with Crippen LogP contribution in [0.25, 0.3) is 0 Å². The molecular formula is C13H22N2O2. The summed E-state index contributed by atoms with van der Waals surface area (Å²) in [5.74, 6) is 0.441. The second-order valence-electron chi connectivity index (χ2n) is 5.54. The number of hydrogen-bond donors (Lipinski definition) is 0. The highest BCUT2D eigenvalue weighted by molar-refractivity contribution is 5.87. The lowest BCUT2D eigenvalue weighted by molar-refractivity contribution is -0.137. The first-order valence-corrected chi connectivity index (χ1v) is 6.59. The van der Waals surface area contributed by atoms with Gasteiger partial charge < -0.3 is 9.80 Å². The first kappa shape index (κ1) is 12.4. The fourth-order valence-corrected chi connectivity index (χ4v) is 3.03. The highest BCUT2D eigenvalue weighted by atomic mass is 16.2. The van der Waals surface area contributed by atoms with E-state index in [4.69, 9.17) is 0 Å². The summed E-state index contributed by atoms with van der Waals surface area (Å²) in [5, 5.41) is 0. The molecule has 96 valence electrons. The second-order valence-corrected chi connectivity index (χ2v) is 5.54. The molecule has 0 saturated carbocycles. The van der Waals surface area contributed by atoms with Gasteiger partial charge in [0.15, 0.2) is 0 Å². The number of carbonyl (C=O) groups excluding carboxylic acids is 2. The van der Waals surface area contributed by atoms with Crippen LogP contribution in [0, 0.1) is 5.41 Å². The third-order valence-corrected chi connectivity index (χ3v) is 4.18. The van der Waals surface area contributed by atoms with E-state index in [1.807, 2.05) is 16.7 Å². The smallest absolute Gasteiger partial charge is 0.230 e. The Kier molecular flexibility index (Phi) is 3.15. The summed E-state index contributed by atoms with van der Waals surface area (Å²) in [7, 11) is 0. The molecule has 0 aliphatic carbocycles. The molecule has 0 N–H and O–H groups in total. The maximum atomic E-state index is 12.4. The van der Waals surface area contributed by atoms with Crippen LogP contribution in [0.4, 0.5) is 0 Å². The average Bonchev–Trinajstić information content (AvgIpc) is 2.85. The molecule has 1 atom stereocenters. The van der Waals surface area contributed by atoms with Gasteiger partial charge in [0.1, 0.15) is 0 Å². The SMILES string of the molecule is CCC(=O)N1CCC2(CCN(C(C)C)C2=O)C1. The molecule has 2 saturated heterocycles. The lowest BCUT2D eigenvalue weighted by Gasteiger charge is -2.25. The molecule has 2 amide bonds. The third-order valence-electron chi connectivity index (χ3n) is 4.18. The fraction of sp³-hybridized carbons (Fsp3) is 0.846. The summed E-state index contributed by atoms with van der Waals surface area (Å²) in [5.41, 5.74) is -0.255. The molecule has 4 heteroatoms. The predicted octanol–water partition coefficient (Wildman–Crippen LogP) is 1.26. The highest BCUT2D eigenvalue weighted by Crippen LogP contribution is 2.41. The van der Waals surface area contributed by atoms with Crippen molar-refractivity contribution in [2.24, 2.45) is 5.41 Å². The summed E-state index contributed by atoms with van der Waals surface area (Å²) in [6.07, 6.45) is 2.30. The molecule has 0 radical (unpaired) electrons. The second kappa shape index (κ2) is 4.31. The Labute approximate surface area is 103 Å². The molecule has 17 heavy (non-hydrogen) atoms. The number of hydrogen-bond acceptors (Lipinski definition) is 2. The van der Waals surface area contributed by atoms with E-state index >= 15 is 0 Å². The molecule has 0 aromatic heterocycles. The number of rotatable bonds is 2. The van der Waals surface area contributed by atoms with Gasteiger partial charge in [-0.2, -0.15) is 0 Å². The Morgan fingerprint density at radius 2 is 2.00 bits per heavy atom. The predicted molar refractivity (Wildman–Crippen MR) is 65.4 cm³/mol. The van der Waals surface area contributed by atoms with Crippen molar-refractivity contribution in [2.45, 2.75) is 46.1 Å². The van der Waals surface area contributed by atoms with Gasteiger partial charge in [-0.25, -0.2) is 0 Å². The van der Waals surface area contributed by atoms with Crippen LogP contribution >= 0.6 is 0 Å². The van der Waals surface area contributed by atoms with Crippen LogP contribution < -0.4 is 0 Å². The molecule has 0 aromatic rings. The van der Waals surface area contributed by atoms with Crippen LogP contribution in [0.2, 0.25) is 0 Å². The standard InChI is InChI=1S/C13H22N2O2/c1-4-11(16)14-7-5-13(9-14)6-8-15(10(2)3)12(13)17/h10H,4-9H2,1-3H3. The molecule has 1 spiro atoms. The van der Waals surface area contributed by atoms with E-state index in [0.29, 0.717) is 13.0 Å². The number of amides is 2. The summed E-state index contributed by atoms with van der Waals surface area (Å²) < 4.78 is 0. The van der Waals surface area contributed by atoms with Crippen molar-refractivity contribution in [3.63, 3.8) is 0 Å². The zero-order chi connectivity index (χ0) is 12.6. The third kappa shape index (κ3) is 1.94. The quantitative estimate of drug-likeness (QED) is 0.726. The Morgan fingerprint density at radius 3 is 2.53 bits per heavy atom. The topological polar surface area (TPSA) is 40.6 Å². The summed E-state index contributed by atoms with van der Waals surface area (Å²) in [6.45, 7) is 8.24. The van der Waals surface area contributed by atoms with Crippen LogP contribution in [-0.4, -0.2) is 47.3 Å². The fourth-order valence-electron chi connectivity index (χ4n) is 3.03. The van der Waals surface area contributed by atoms with Crippen LogP contribution in [-0.2, 0) is 9.59 Å². The van der Waals surface area contributed by atoms with Crippen LogP contribution in [0.5, 0.6) is 0 Å². The molecule has 0 bridgehead atoms. The van der Waals surface area contributed by atoms with Crippen LogP contribution in [0.15, 0.2) is 0 Å². The minimum Gasteiger partial charge on any atom is -0.342 e. The zero-order valence-corrected chi connectivity index (χ0v) is 11.0. The van der Waals surface area contributed by atoms with Gasteiger partial charge in [-0.1, -0.05) is 6.92 Å². The van der Waals surface area contributed by atoms with E-state index in [9.17, 15) is 9.59 Å². The normalized spacial score (nSPS) is 28.8. The Hall–Kier alpha value is -1.06. The van der Waals surface area contributed by atoms with E-state index in [0.717, 1.165) is 25.9 Å². The van der Waals surface area contributed by atoms with Crippen molar-refractivity contribution in [3.05, 3.63) is 0 Å². The van der Waals surface area contributed by atoms with Crippen molar-refractivity contribution in [1.29, 1.82) is 0 Å². The molecule has 2 rings (SSSR count). The van der Waals surface area contributed by atoms with E-state index in [-0.39, 0.29) is 23.3 Å². The Morgan fingerprint density at radius 1 is 1.35 bits per heavy atom. The zero-order valence-electron chi connectivity index (χ0n) is 11.0. The van der Waals surface area contributed by atoms with Crippen molar-refractivity contribution < 1.29 is 9.59 Å². The number of likely N-dealkylation sites (tertiary alicyclic amines) is 2. The van der Waals surface area contributed by atoms with Crippen molar-refractivity contribution in [1.82, 2.24) is 9.80 Å². The van der Waals surface area contributed by atoms with Crippen molar-refractivity contribution in [3.8, 4) is 0 Å². The maximum Gasteiger partial charge on any atom is 0.230 e. The van der Waals surface area contributed by atoms with Gasteiger partial charge in [-0.15, -0.1) is 0 Å². The minimum absolute atomic E-state index is 0.178. The lowest BCUT2D eigenvalue weighted by atomic mass is 9.85. The number of nitrogens with zero attached hydrogens (tertiary/aromatic N) is 2. The molecule has 0 aromatic carbocycles. The lowest BCUT2D eigenvalue weighted by Crippen LogP contribution is -2.40. The van der Waals surface area contributed by atoms with Gasteiger partial charge in [0, 0.05) is 32.1 Å². The van der Waals surface area contributed by atoms with E-state index < -0.39 is 0 Å². The minimum atomic E-state index is -0.255. The molecule has 2 heterocycles. The van der Waals surface area contributed by atoms with E-state index in [2.05, 4.69) is 13.8 Å². The highest BCUT2D eigenvalue weighted by Gasteiger charge is 2.51. The van der Waals surface area contributed by atoms with Crippen molar-refractivity contribution >= 4 is 11.8 Å². The molecule has 2 fully saturated rings. The van der Waals surface area contributed by atoms with Gasteiger partial charge in [0.25, 0.3) is 0 Å². The van der Waals surface area contributed by atoms with Gasteiger partial charge >= 0.3 is 0 Å². The Bertz CT molecular complexity index is 340. The Balaban J connectivity index is 2.09. The van der Waals surface area contributed by atoms with Gasteiger partial charge in [-0.05, 0) is 26.7 Å². The van der Waals surface area contributed by atoms with Gasteiger partial charge in [0.05, 0.1) is 5.41 Å². The molecule has 2 aliphatic rings. The van der Waals surface area contributed by atoms with Crippen LogP contribution in [0.3, 0.4) is 0 Å². The molecule has 4 nitrogen and oxygen atoms in total. The summed E-state index contributed by atoms with van der Waals surface area (Å²) in [4.78, 5) is 27.9. The summed E-state index contributed by atoms with van der Waals surface area (Å²) in [6, 6.07) is 0.276. The van der Waals surface area contributed by atoms with E-state index in [1.54, 1.807) is 0 Å². The molecule has 2 aliphatic heterocycles. The molecular weight excluding hydrogens is 216 g/mol. The van der Waals surface area contributed by atoms with E-state index in [1.165, 1.54) is 0 Å².